The van der Waals surface area contributed by atoms with Crippen LogP contribution in [0.1, 0.15) is 60.0 Å². The van der Waals surface area contributed by atoms with Gasteiger partial charge >= 0.3 is 23.9 Å². The first-order valence-electron chi connectivity index (χ1n) is 18.2. The van der Waals surface area contributed by atoms with Crippen LogP contribution in [0.3, 0.4) is 0 Å². The number of carboxylic acid groups (broad SMARTS) is 1. The molecule has 5 aromatic rings. The molecule has 2 heterocycles. The van der Waals surface area contributed by atoms with Crippen LogP contribution in [-0.2, 0) is 41.6 Å². The number of unbranched alkanes of at least 4 members (excludes halogenated alkanes) is 1. The van der Waals surface area contributed by atoms with E-state index in [9.17, 15) is 24.3 Å². The molecule has 15 heteroatoms. The maximum Gasteiger partial charge on any atom is 0.338 e. The van der Waals surface area contributed by atoms with Crippen molar-refractivity contribution in [1.29, 1.82) is 0 Å². The summed E-state index contributed by atoms with van der Waals surface area (Å²) in [5.41, 5.74) is 1.34. The van der Waals surface area contributed by atoms with E-state index in [0.29, 0.717) is 37.4 Å². The molecule has 1 N–H and O–H groups in total. The second-order valence-corrected chi connectivity index (χ2v) is 12.9. The number of carbonyl (C=O) groups excluding carboxylic acids is 3. The average molecular weight is 780 g/mol. The van der Waals surface area contributed by atoms with E-state index in [0.717, 1.165) is 0 Å². The Morgan fingerprint density at radius 2 is 1.26 bits per heavy atom. The number of carbonyl (C=O) groups is 4. The number of methoxy groups -OCH3 is 1. The third-order valence-corrected chi connectivity index (χ3v) is 8.83. The summed E-state index contributed by atoms with van der Waals surface area (Å²) in [6, 6.07) is 31.0. The zero-order chi connectivity index (χ0) is 40.0. The highest BCUT2D eigenvalue weighted by Crippen LogP contribution is 2.31. The molecule has 0 amide bonds. The van der Waals surface area contributed by atoms with Crippen molar-refractivity contribution in [2.45, 2.75) is 56.7 Å². The minimum Gasteiger partial charge on any atom is -0.494 e. The van der Waals surface area contributed by atoms with Crippen LogP contribution in [0, 0.1) is 0 Å². The van der Waals surface area contributed by atoms with Crippen LogP contribution in [0.15, 0.2) is 121 Å². The van der Waals surface area contributed by atoms with Gasteiger partial charge in [0, 0.05) is 13.7 Å². The quantitative estimate of drug-likeness (QED) is 0.0678. The molecule has 0 radical (unpaired) electrons. The monoisotopic (exact) mass is 779 g/mol. The Kier molecular flexibility index (Phi) is 14.1. The van der Waals surface area contributed by atoms with Gasteiger partial charge in [-0.1, -0.05) is 65.9 Å². The van der Waals surface area contributed by atoms with E-state index in [1.54, 1.807) is 114 Å². The molecule has 1 aliphatic heterocycles. The lowest BCUT2D eigenvalue weighted by molar-refractivity contribution is -0.294. The van der Waals surface area contributed by atoms with Crippen LogP contribution in [0.4, 0.5) is 0 Å². The largest absolute Gasteiger partial charge is 0.494 e. The Morgan fingerprint density at radius 1 is 0.702 bits per heavy atom. The van der Waals surface area contributed by atoms with Crippen molar-refractivity contribution in [3.63, 3.8) is 0 Å². The van der Waals surface area contributed by atoms with Gasteiger partial charge < -0.3 is 38.3 Å². The van der Waals surface area contributed by atoms with Crippen LogP contribution in [-0.4, -0.2) is 95.0 Å². The first-order valence-corrected chi connectivity index (χ1v) is 18.2. The van der Waals surface area contributed by atoms with E-state index in [1.165, 1.54) is 19.2 Å². The average Bonchev–Trinajstić information content (AvgIpc) is 3.70. The molecule has 0 bridgehead atoms. The first-order chi connectivity index (χ1) is 27.8. The van der Waals surface area contributed by atoms with Crippen molar-refractivity contribution in [3.8, 4) is 5.75 Å². The van der Waals surface area contributed by atoms with Gasteiger partial charge in [-0.2, -0.15) is 0 Å². The van der Waals surface area contributed by atoms with E-state index < -0.39 is 54.6 Å². The molecule has 6 rings (SSSR count). The van der Waals surface area contributed by atoms with Gasteiger partial charge in [-0.3, -0.25) is 4.68 Å². The number of hydrogen-bond acceptors (Lipinski definition) is 13. The normalized spacial score (nSPS) is 18.9. The third-order valence-electron chi connectivity index (χ3n) is 8.83. The van der Waals surface area contributed by atoms with Gasteiger partial charge in [0.1, 0.15) is 17.5 Å². The molecule has 296 valence electrons. The molecule has 0 spiro atoms. The molecule has 1 fully saturated rings. The number of nitrogens with zero attached hydrogens (tertiary/aromatic N) is 3. The maximum atomic E-state index is 13.6. The van der Waals surface area contributed by atoms with Crippen LogP contribution in [0.25, 0.3) is 0 Å². The summed E-state index contributed by atoms with van der Waals surface area (Å²) in [6.45, 7) is 0.753. The molecule has 0 aliphatic carbocycles. The summed E-state index contributed by atoms with van der Waals surface area (Å²) in [7, 11) is 1.35. The van der Waals surface area contributed by atoms with Crippen molar-refractivity contribution < 1.29 is 57.4 Å². The molecule has 0 saturated carbocycles. The lowest BCUT2D eigenvalue weighted by Crippen LogP contribution is -2.62. The number of aryl methyl sites for hydroxylation is 1. The zero-order valence-electron chi connectivity index (χ0n) is 31.0. The van der Waals surface area contributed by atoms with Gasteiger partial charge in [-0.15, -0.1) is 5.10 Å². The summed E-state index contributed by atoms with van der Waals surface area (Å²) in [6.07, 6.45) is -3.33. The number of benzene rings is 4. The molecule has 1 aliphatic rings. The Labute approximate surface area is 328 Å². The lowest BCUT2D eigenvalue weighted by Gasteiger charge is -2.44. The van der Waals surface area contributed by atoms with Crippen LogP contribution >= 0.6 is 0 Å². The Hall–Kier alpha value is -6.42. The molecule has 0 unspecified atom stereocenters. The van der Waals surface area contributed by atoms with E-state index >= 15 is 0 Å². The van der Waals surface area contributed by atoms with Crippen molar-refractivity contribution in [1.82, 2.24) is 15.0 Å². The minimum absolute atomic E-state index is 0.000775. The predicted octanol–water partition coefficient (Wildman–Crippen LogP) is 5.40. The first kappa shape index (κ1) is 40.2. The third kappa shape index (κ3) is 11.1. The number of carboxylic acids is 1. The zero-order valence-corrected chi connectivity index (χ0v) is 31.0. The number of hydrogen-bond donors (Lipinski definition) is 1. The van der Waals surface area contributed by atoms with E-state index in [-0.39, 0.29) is 35.5 Å². The van der Waals surface area contributed by atoms with E-state index in [4.69, 9.17) is 33.2 Å². The Bertz CT molecular complexity index is 2080. The Balaban J connectivity index is 1.14. The number of rotatable bonds is 18. The number of aromatic nitrogens is 3. The molecule has 1 saturated heterocycles. The molecular weight excluding hydrogens is 738 g/mol. The highest BCUT2D eigenvalue weighted by atomic mass is 16.7. The minimum atomic E-state index is -1.41. The lowest BCUT2D eigenvalue weighted by atomic mass is 9.97. The molecule has 1 aromatic heterocycles. The van der Waals surface area contributed by atoms with Crippen molar-refractivity contribution in [2.75, 3.05) is 20.3 Å². The van der Waals surface area contributed by atoms with Crippen LogP contribution in [0.5, 0.6) is 5.75 Å². The molecule has 5 atom stereocenters. The summed E-state index contributed by atoms with van der Waals surface area (Å²) in [4.78, 5) is 51.7. The van der Waals surface area contributed by atoms with Gasteiger partial charge in [0.05, 0.1) is 48.3 Å². The van der Waals surface area contributed by atoms with Crippen molar-refractivity contribution in [3.05, 3.63) is 149 Å². The fourth-order valence-corrected chi connectivity index (χ4v) is 5.98. The maximum absolute atomic E-state index is 13.6. The Morgan fingerprint density at radius 3 is 1.84 bits per heavy atom. The summed E-state index contributed by atoms with van der Waals surface area (Å²) < 4.78 is 43.2. The van der Waals surface area contributed by atoms with Gasteiger partial charge in [0.25, 0.3) is 0 Å². The van der Waals surface area contributed by atoms with Crippen LogP contribution < -0.4 is 4.74 Å². The van der Waals surface area contributed by atoms with Gasteiger partial charge in [0.15, 0.2) is 24.6 Å². The highest BCUT2D eigenvalue weighted by Gasteiger charge is 2.53. The molecule has 15 nitrogen and oxygen atoms in total. The summed E-state index contributed by atoms with van der Waals surface area (Å²) >= 11 is 0. The molecule has 4 aromatic carbocycles. The SMILES string of the molecule is CO[C@H]1O[C@H](COCc2cn(CCCCOc3cccc(C(=O)O)c3)nn2)[C@@H](OC(=O)c2ccccc2)[C@H](OC(=O)c2ccccc2)[C@H]1OC(=O)c1ccccc1. The van der Waals surface area contributed by atoms with Gasteiger partial charge in [-0.25, -0.2) is 19.2 Å². The van der Waals surface area contributed by atoms with E-state index in [2.05, 4.69) is 10.3 Å². The van der Waals surface area contributed by atoms with Gasteiger partial charge in [0.2, 0.25) is 0 Å². The summed E-state index contributed by atoms with van der Waals surface area (Å²) in [5.74, 6) is -2.77. The fourth-order valence-electron chi connectivity index (χ4n) is 5.98. The van der Waals surface area contributed by atoms with E-state index in [1.807, 2.05) is 0 Å². The van der Waals surface area contributed by atoms with Crippen molar-refractivity contribution in [2.24, 2.45) is 0 Å². The van der Waals surface area contributed by atoms with Crippen LogP contribution in [0.2, 0.25) is 0 Å². The summed E-state index contributed by atoms with van der Waals surface area (Å²) in [5, 5.41) is 17.5. The number of esters is 3. The second-order valence-electron chi connectivity index (χ2n) is 12.9. The standard InChI is InChI=1S/C42H41N3O12/c1-51-42-37(57-41(50)30-18-9-4-10-19-30)36(56-40(49)29-16-7-3-8-17-29)35(55-39(48)28-14-5-2-6-15-28)34(54-42)27-52-26-32-25-45(44-43-32)22-11-12-23-53-33-21-13-20-31(24-33)38(46)47/h2-10,13-21,24-25,34-37,42H,11-12,22-23,26-27H2,1H3,(H,46,47)/t34-,35-,36+,37-,42+/m1/s1. The van der Waals surface area contributed by atoms with Crippen molar-refractivity contribution >= 4 is 23.9 Å². The number of ether oxygens (including phenoxy) is 7. The highest BCUT2D eigenvalue weighted by molar-refractivity contribution is 5.91. The topological polar surface area (TPSA) is 184 Å². The fraction of sp³-hybridized carbons (Fsp3) is 0.286. The predicted molar refractivity (Wildman–Crippen MR) is 200 cm³/mol. The van der Waals surface area contributed by atoms with Gasteiger partial charge in [-0.05, 0) is 67.4 Å². The second kappa shape index (κ2) is 20.0. The molecular formula is C42H41N3O12. The smallest absolute Gasteiger partial charge is 0.338 e. The number of aromatic carboxylic acids is 1. The molecule has 57 heavy (non-hydrogen) atoms.